The van der Waals surface area contributed by atoms with Crippen molar-refractivity contribution in [2.75, 3.05) is 6.61 Å². The summed E-state index contributed by atoms with van der Waals surface area (Å²) in [6, 6.07) is 36.8. The Balaban J connectivity index is 1.12. The average Bonchev–Trinajstić information content (AvgIpc) is 3.69. The van der Waals surface area contributed by atoms with Crippen molar-refractivity contribution in [1.82, 2.24) is 9.88 Å². The van der Waals surface area contributed by atoms with Gasteiger partial charge in [-0.3, -0.25) is 4.79 Å². The van der Waals surface area contributed by atoms with Gasteiger partial charge in [0.2, 0.25) is 0 Å². The van der Waals surface area contributed by atoms with E-state index in [2.05, 4.69) is 4.98 Å². The van der Waals surface area contributed by atoms with E-state index in [0.717, 1.165) is 39.5 Å². The van der Waals surface area contributed by atoms with Crippen molar-refractivity contribution in [2.45, 2.75) is 63.0 Å². The Hall–Kier alpha value is -5.17. The molecule has 2 heterocycles. The van der Waals surface area contributed by atoms with Crippen molar-refractivity contribution in [3.63, 3.8) is 0 Å². The van der Waals surface area contributed by atoms with Gasteiger partial charge in [-0.05, 0) is 60.1 Å². The molecule has 2 amide bonds. The summed E-state index contributed by atoms with van der Waals surface area (Å²) < 4.78 is 17.8. The topological polar surface area (TPSA) is 81.9 Å². The van der Waals surface area contributed by atoms with Crippen LogP contribution >= 0.6 is 0 Å². The van der Waals surface area contributed by atoms with Gasteiger partial charge in [-0.15, -0.1) is 0 Å². The number of aryl methyl sites for hydroxylation is 1. The number of ether oxygens (including phenoxy) is 2. The summed E-state index contributed by atoms with van der Waals surface area (Å²) in [6.45, 7) is 2.49. The molecule has 7 rings (SSSR count). The van der Waals surface area contributed by atoms with Crippen LogP contribution in [0.5, 0.6) is 5.75 Å². The van der Waals surface area contributed by atoms with Crippen LogP contribution in [0.3, 0.4) is 0 Å². The second-order valence-electron chi connectivity index (χ2n) is 12.8. The molecule has 2 atom stereocenters. The van der Waals surface area contributed by atoms with Gasteiger partial charge in [0.25, 0.3) is 5.91 Å². The minimum atomic E-state index is -1.22. The maximum atomic E-state index is 14.4. The normalized spacial score (nSPS) is 17.7. The Morgan fingerprint density at radius 3 is 1.88 bits per heavy atom. The summed E-state index contributed by atoms with van der Waals surface area (Å²) in [5.74, 6) is 1.90. The first-order chi connectivity index (χ1) is 23.6. The van der Waals surface area contributed by atoms with Crippen LogP contribution in [0.4, 0.5) is 4.79 Å². The Morgan fingerprint density at radius 1 is 0.792 bits per heavy atom. The van der Waals surface area contributed by atoms with Gasteiger partial charge in [-0.25, -0.2) is 14.7 Å². The molecular formula is C41H40N2O5. The van der Waals surface area contributed by atoms with Crippen LogP contribution in [0, 0.1) is 12.8 Å². The number of cyclic esters (lactones) is 1. The van der Waals surface area contributed by atoms with E-state index in [1.807, 2.05) is 122 Å². The second kappa shape index (κ2) is 13.9. The lowest BCUT2D eigenvalue weighted by Crippen LogP contribution is -2.51. The highest BCUT2D eigenvalue weighted by molar-refractivity contribution is 6.02. The Morgan fingerprint density at radius 2 is 1.35 bits per heavy atom. The predicted molar refractivity (Wildman–Crippen MR) is 183 cm³/mol. The molecule has 48 heavy (non-hydrogen) atoms. The van der Waals surface area contributed by atoms with Gasteiger partial charge in [0.1, 0.15) is 17.0 Å². The summed E-state index contributed by atoms with van der Waals surface area (Å²) in [5, 5.41) is 0. The van der Waals surface area contributed by atoms with Crippen LogP contribution in [-0.2, 0) is 21.5 Å². The van der Waals surface area contributed by atoms with Crippen LogP contribution in [-0.4, -0.2) is 34.6 Å². The highest BCUT2D eigenvalue weighted by atomic mass is 16.6. The van der Waals surface area contributed by atoms with E-state index >= 15 is 0 Å². The smallest absolute Gasteiger partial charge is 0.418 e. The largest absolute Gasteiger partial charge is 0.493 e. The standard InChI is InChI=1S/C41H40N2O5/c1-29-38(42-28-47-29)36(31-14-6-2-7-15-31)27-46-35-24-22-30(23-25-35)26-37-39(44)43(40(45)48-37)41(32-16-8-3-9-17-32,33-18-10-4-11-19-33)34-20-12-5-13-21-34/h3-5,8-13,16-25,28,31,36-37H,2,6-7,14-15,26-27H2,1H3. The molecule has 0 radical (unpaired) electrons. The fourth-order valence-electron chi connectivity index (χ4n) is 7.58. The molecule has 1 saturated carbocycles. The van der Waals surface area contributed by atoms with Crippen LogP contribution in [0.25, 0.3) is 0 Å². The molecule has 1 aliphatic carbocycles. The number of imide groups is 1. The SMILES string of the molecule is Cc1ocnc1C(COc1ccc(CC2OC(=O)N(C(c3ccccc3)(c3ccccc3)c3ccccc3)C2=O)cc1)C1CCCCC1. The Labute approximate surface area is 281 Å². The molecule has 7 heteroatoms. The zero-order valence-electron chi connectivity index (χ0n) is 27.2. The van der Waals surface area contributed by atoms with Crippen molar-refractivity contribution in [2.24, 2.45) is 5.92 Å². The first-order valence-corrected chi connectivity index (χ1v) is 16.9. The number of aromatic nitrogens is 1. The summed E-state index contributed by atoms with van der Waals surface area (Å²) in [5.41, 5.74) is 3.02. The molecule has 2 unspecified atom stereocenters. The molecule has 1 aromatic heterocycles. The third-order valence-electron chi connectivity index (χ3n) is 9.96. The maximum absolute atomic E-state index is 14.4. The highest BCUT2D eigenvalue weighted by Crippen LogP contribution is 2.45. The molecule has 7 nitrogen and oxygen atoms in total. The first kappa shape index (κ1) is 31.4. The van der Waals surface area contributed by atoms with Crippen molar-refractivity contribution >= 4 is 12.0 Å². The van der Waals surface area contributed by atoms with Gasteiger partial charge in [-0.1, -0.05) is 122 Å². The first-order valence-electron chi connectivity index (χ1n) is 16.9. The predicted octanol–water partition coefficient (Wildman–Crippen LogP) is 8.61. The van der Waals surface area contributed by atoms with Crippen LogP contribution < -0.4 is 4.74 Å². The van der Waals surface area contributed by atoms with E-state index in [9.17, 15) is 9.59 Å². The van der Waals surface area contributed by atoms with Crippen molar-refractivity contribution < 1.29 is 23.5 Å². The molecule has 1 saturated heterocycles. The van der Waals surface area contributed by atoms with Gasteiger partial charge in [0, 0.05) is 12.3 Å². The quantitative estimate of drug-likeness (QED) is 0.135. The Kier molecular flexibility index (Phi) is 9.10. The van der Waals surface area contributed by atoms with Crippen molar-refractivity contribution in [3.8, 4) is 5.75 Å². The lowest BCUT2D eigenvalue weighted by atomic mass is 9.75. The molecule has 5 aromatic rings. The molecule has 2 fully saturated rings. The zero-order chi connectivity index (χ0) is 32.9. The van der Waals surface area contributed by atoms with Gasteiger partial charge >= 0.3 is 6.09 Å². The van der Waals surface area contributed by atoms with Gasteiger partial charge < -0.3 is 13.9 Å². The fourth-order valence-corrected chi connectivity index (χ4v) is 7.58. The maximum Gasteiger partial charge on any atom is 0.418 e. The molecular weight excluding hydrogens is 600 g/mol. The summed E-state index contributed by atoms with van der Waals surface area (Å²) in [7, 11) is 0. The molecule has 0 spiro atoms. The van der Waals surface area contributed by atoms with Crippen LogP contribution in [0.1, 0.15) is 71.7 Å². The number of hydrogen-bond acceptors (Lipinski definition) is 6. The number of amides is 2. The van der Waals surface area contributed by atoms with E-state index in [1.54, 1.807) is 0 Å². The van der Waals surface area contributed by atoms with Gasteiger partial charge in [0.05, 0.1) is 12.3 Å². The minimum absolute atomic E-state index is 0.171. The number of carbonyl (C=O) groups is 2. The van der Waals surface area contributed by atoms with E-state index in [1.165, 1.54) is 43.4 Å². The molecule has 0 bridgehead atoms. The van der Waals surface area contributed by atoms with E-state index in [0.29, 0.717) is 12.5 Å². The zero-order valence-corrected chi connectivity index (χ0v) is 27.2. The lowest BCUT2D eigenvalue weighted by molar-refractivity contribution is -0.132. The summed E-state index contributed by atoms with van der Waals surface area (Å²) in [6.07, 6.45) is 6.23. The number of benzene rings is 4. The number of nitrogens with zero attached hydrogens (tertiary/aromatic N) is 2. The third-order valence-corrected chi connectivity index (χ3v) is 9.96. The van der Waals surface area contributed by atoms with E-state index < -0.39 is 17.7 Å². The van der Waals surface area contributed by atoms with E-state index in [4.69, 9.17) is 13.9 Å². The number of hydrogen-bond donors (Lipinski definition) is 0. The minimum Gasteiger partial charge on any atom is -0.493 e. The van der Waals surface area contributed by atoms with E-state index in [-0.39, 0.29) is 18.2 Å². The molecule has 1 aliphatic heterocycles. The molecule has 244 valence electrons. The number of carbonyl (C=O) groups excluding carboxylic acids is 2. The van der Waals surface area contributed by atoms with Crippen molar-refractivity contribution in [3.05, 3.63) is 155 Å². The summed E-state index contributed by atoms with van der Waals surface area (Å²) >= 11 is 0. The Bertz CT molecular complexity index is 1720. The van der Waals surface area contributed by atoms with Gasteiger partial charge in [-0.2, -0.15) is 0 Å². The monoisotopic (exact) mass is 640 g/mol. The second-order valence-corrected chi connectivity index (χ2v) is 12.8. The highest BCUT2D eigenvalue weighted by Gasteiger charge is 2.55. The fraction of sp³-hybridized carbons (Fsp3) is 0.293. The average molecular weight is 641 g/mol. The molecule has 2 aliphatic rings. The molecule has 4 aromatic carbocycles. The third kappa shape index (κ3) is 6.01. The van der Waals surface area contributed by atoms with Crippen molar-refractivity contribution in [1.29, 1.82) is 0 Å². The number of oxazole rings is 1. The van der Waals surface area contributed by atoms with Crippen LogP contribution in [0.2, 0.25) is 0 Å². The van der Waals surface area contributed by atoms with Crippen LogP contribution in [0.15, 0.2) is 126 Å². The lowest BCUT2D eigenvalue weighted by Gasteiger charge is -2.40. The van der Waals surface area contributed by atoms with Gasteiger partial charge in [0.15, 0.2) is 12.5 Å². The summed E-state index contributed by atoms with van der Waals surface area (Å²) in [4.78, 5) is 34.1. The molecule has 0 N–H and O–H groups in total. The number of rotatable bonds is 11.